The molecule has 3 atom stereocenters. The number of hydrogen-bond acceptors (Lipinski definition) is 4. The van der Waals surface area contributed by atoms with Crippen molar-refractivity contribution >= 4 is 5.91 Å². The van der Waals surface area contributed by atoms with E-state index in [1.54, 1.807) is 0 Å². The summed E-state index contributed by atoms with van der Waals surface area (Å²) in [4.78, 5) is 17.3. The topological polar surface area (TPSA) is 44.8 Å². The molecule has 2 fully saturated rings. The summed E-state index contributed by atoms with van der Waals surface area (Å²) in [5.74, 6) is 0.712. The van der Waals surface area contributed by atoms with Crippen LogP contribution < -0.4 is 10.1 Å². The van der Waals surface area contributed by atoms with Crippen molar-refractivity contribution < 1.29 is 22.7 Å². The number of piperazine rings is 1. The van der Waals surface area contributed by atoms with Gasteiger partial charge < -0.3 is 15.0 Å². The number of halogens is 3. The van der Waals surface area contributed by atoms with Gasteiger partial charge in [0.1, 0.15) is 12.4 Å². The maximum atomic E-state index is 13.0. The summed E-state index contributed by atoms with van der Waals surface area (Å²) >= 11 is 0. The van der Waals surface area contributed by atoms with E-state index in [0.29, 0.717) is 18.7 Å². The van der Waals surface area contributed by atoms with Gasteiger partial charge in [-0.15, -0.1) is 0 Å². The zero-order chi connectivity index (χ0) is 24.6. The molecule has 0 saturated carbocycles. The lowest BCUT2D eigenvalue weighted by Gasteiger charge is -2.38. The first kappa shape index (κ1) is 24.5. The number of carbonyl (C=O) groups excluding carboxylic acids is 1. The molecule has 2 aliphatic heterocycles. The minimum Gasteiger partial charge on any atom is -0.492 e. The fourth-order valence-corrected chi connectivity index (χ4v) is 5.26. The molecule has 0 aromatic heterocycles. The van der Waals surface area contributed by atoms with Crippen LogP contribution in [0, 0.1) is 13.8 Å². The fraction of sp³-hybridized carbons (Fsp3) is 0.500. The molecule has 0 spiro atoms. The Hall–Kier alpha value is -2.58. The summed E-state index contributed by atoms with van der Waals surface area (Å²) in [6, 6.07) is 9.21. The molecule has 184 valence electrons. The molecule has 2 aromatic rings. The number of fused-ring (bicyclic) bond motifs is 2. The standard InChI is InChI=1S/C26H32F3N3O2/c1-16-17(2)24(34-12-11-30-4)10-9-23(16)18(3)31-14-22-13-21(31)15-32(22)25(33)19-5-7-20(8-6-19)26(27,28)29/h5-10,18,21-22,30H,11-15H2,1-4H3/t18-,21-,22-/m0/s1. The van der Waals surface area contributed by atoms with E-state index in [1.807, 2.05) is 18.0 Å². The van der Waals surface area contributed by atoms with Crippen LogP contribution in [0.4, 0.5) is 13.2 Å². The van der Waals surface area contributed by atoms with Gasteiger partial charge in [-0.25, -0.2) is 0 Å². The highest BCUT2D eigenvalue weighted by molar-refractivity contribution is 5.94. The molecular weight excluding hydrogens is 443 g/mol. The van der Waals surface area contributed by atoms with Gasteiger partial charge in [-0.05, 0) is 81.3 Å². The largest absolute Gasteiger partial charge is 0.492 e. The highest BCUT2D eigenvalue weighted by atomic mass is 19.4. The summed E-state index contributed by atoms with van der Waals surface area (Å²) in [6.07, 6.45) is -3.52. The number of likely N-dealkylation sites (tertiary alicyclic amines) is 2. The molecular formula is C26H32F3N3O2. The number of amides is 1. The van der Waals surface area contributed by atoms with E-state index >= 15 is 0 Å². The number of ether oxygens (including phenoxy) is 1. The number of hydrogen-bond donors (Lipinski definition) is 1. The molecule has 1 amide bonds. The van der Waals surface area contributed by atoms with Crippen LogP contribution in [0.1, 0.15) is 52.0 Å². The Morgan fingerprint density at radius 3 is 2.38 bits per heavy atom. The minimum atomic E-state index is -4.40. The third-order valence-corrected chi connectivity index (χ3v) is 7.34. The van der Waals surface area contributed by atoms with Crippen molar-refractivity contribution in [2.45, 2.75) is 51.5 Å². The Labute approximate surface area is 198 Å². The predicted molar refractivity (Wildman–Crippen MR) is 125 cm³/mol. The number of alkyl halides is 3. The van der Waals surface area contributed by atoms with Crippen LogP contribution in [0.2, 0.25) is 0 Å². The Balaban J connectivity index is 1.42. The van der Waals surface area contributed by atoms with Crippen molar-refractivity contribution in [3.8, 4) is 5.75 Å². The van der Waals surface area contributed by atoms with Crippen molar-refractivity contribution in [2.75, 3.05) is 33.3 Å². The van der Waals surface area contributed by atoms with E-state index < -0.39 is 11.7 Å². The lowest BCUT2D eigenvalue weighted by Crippen LogP contribution is -2.49. The molecule has 8 heteroatoms. The van der Waals surface area contributed by atoms with Gasteiger partial charge in [-0.3, -0.25) is 9.69 Å². The van der Waals surface area contributed by atoms with Gasteiger partial charge in [0, 0.05) is 43.3 Å². The second kappa shape index (κ2) is 9.58. The lowest BCUT2D eigenvalue weighted by molar-refractivity contribution is -0.137. The van der Waals surface area contributed by atoms with Crippen LogP contribution in [0.15, 0.2) is 36.4 Å². The van der Waals surface area contributed by atoms with E-state index in [0.717, 1.165) is 43.0 Å². The SMILES string of the molecule is CNCCOc1ccc([C@H](C)N2C[C@@H]3C[C@H]2CN3C(=O)c2ccc(C(F)(F)F)cc2)c(C)c1C. The smallest absolute Gasteiger partial charge is 0.416 e. The molecule has 5 nitrogen and oxygen atoms in total. The molecule has 34 heavy (non-hydrogen) atoms. The van der Waals surface area contributed by atoms with Crippen LogP contribution in [-0.2, 0) is 6.18 Å². The first-order valence-electron chi connectivity index (χ1n) is 11.7. The molecule has 2 aliphatic rings. The maximum Gasteiger partial charge on any atom is 0.416 e. The molecule has 2 bridgehead atoms. The number of nitrogens with zero attached hydrogens (tertiary/aromatic N) is 2. The Morgan fingerprint density at radius 2 is 1.79 bits per heavy atom. The number of carbonyl (C=O) groups is 1. The van der Waals surface area contributed by atoms with Crippen LogP contribution in [0.3, 0.4) is 0 Å². The van der Waals surface area contributed by atoms with E-state index in [1.165, 1.54) is 23.3 Å². The number of rotatable bonds is 7. The quantitative estimate of drug-likeness (QED) is 0.596. The second-order valence-electron chi connectivity index (χ2n) is 9.30. The maximum absolute atomic E-state index is 13.0. The highest BCUT2D eigenvalue weighted by Crippen LogP contribution is 2.39. The lowest BCUT2D eigenvalue weighted by atomic mass is 9.96. The number of benzene rings is 2. The third-order valence-electron chi connectivity index (χ3n) is 7.34. The van der Waals surface area contributed by atoms with Gasteiger partial charge >= 0.3 is 6.18 Å². The Bertz CT molecular complexity index is 1040. The van der Waals surface area contributed by atoms with E-state index in [4.69, 9.17) is 4.74 Å². The zero-order valence-corrected chi connectivity index (χ0v) is 20.1. The van der Waals surface area contributed by atoms with Crippen molar-refractivity contribution in [1.82, 2.24) is 15.1 Å². The normalized spacial score (nSPS) is 21.2. The van der Waals surface area contributed by atoms with Crippen LogP contribution in [0.25, 0.3) is 0 Å². The molecule has 0 radical (unpaired) electrons. The van der Waals surface area contributed by atoms with Gasteiger partial charge in [0.15, 0.2) is 0 Å². The number of nitrogens with one attached hydrogen (secondary N) is 1. The van der Waals surface area contributed by atoms with Crippen molar-refractivity contribution in [3.05, 3.63) is 64.2 Å². The molecule has 0 aliphatic carbocycles. The first-order valence-corrected chi connectivity index (χ1v) is 11.7. The summed E-state index contributed by atoms with van der Waals surface area (Å²) in [7, 11) is 1.90. The predicted octanol–water partition coefficient (Wildman–Crippen LogP) is 4.58. The highest BCUT2D eigenvalue weighted by Gasteiger charge is 2.47. The molecule has 2 heterocycles. The Morgan fingerprint density at radius 1 is 1.09 bits per heavy atom. The van der Waals surface area contributed by atoms with Crippen molar-refractivity contribution in [3.63, 3.8) is 0 Å². The van der Waals surface area contributed by atoms with E-state index in [9.17, 15) is 18.0 Å². The average Bonchev–Trinajstić information content (AvgIpc) is 3.42. The van der Waals surface area contributed by atoms with Gasteiger partial charge in [0.05, 0.1) is 5.56 Å². The second-order valence-corrected chi connectivity index (χ2v) is 9.30. The Kier molecular flexibility index (Phi) is 6.92. The molecule has 0 unspecified atom stereocenters. The van der Waals surface area contributed by atoms with Crippen molar-refractivity contribution in [1.29, 1.82) is 0 Å². The summed E-state index contributed by atoms with van der Waals surface area (Å²) in [6.45, 7) is 9.17. The molecule has 2 aromatic carbocycles. The summed E-state index contributed by atoms with van der Waals surface area (Å²) < 4.78 is 44.4. The zero-order valence-electron chi connectivity index (χ0n) is 20.1. The summed E-state index contributed by atoms with van der Waals surface area (Å²) in [5, 5.41) is 3.08. The monoisotopic (exact) mass is 475 g/mol. The van der Waals surface area contributed by atoms with E-state index in [2.05, 4.69) is 37.1 Å². The molecule has 2 saturated heterocycles. The van der Waals surface area contributed by atoms with Crippen molar-refractivity contribution in [2.24, 2.45) is 0 Å². The average molecular weight is 476 g/mol. The molecule has 1 N–H and O–H groups in total. The van der Waals surface area contributed by atoms with Crippen LogP contribution in [0.5, 0.6) is 5.75 Å². The summed E-state index contributed by atoms with van der Waals surface area (Å²) in [5.41, 5.74) is 3.18. The van der Waals surface area contributed by atoms with Gasteiger partial charge in [0.2, 0.25) is 0 Å². The van der Waals surface area contributed by atoms with Gasteiger partial charge in [-0.2, -0.15) is 13.2 Å². The third kappa shape index (κ3) is 4.66. The van der Waals surface area contributed by atoms with Gasteiger partial charge in [-0.1, -0.05) is 6.07 Å². The molecule has 4 rings (SSSR count). The van der Waals surface area contributed by atoms with Gasteiger partial charge in [0.25, 0.3) is 5.91 Å². The van der Waals surface area contributed by atoms with Crippen LogP contribution >= 0.6 is 0 Å². The minimum absolute atomic E-state index is 0.0767. The van der Waals surface area contributed by atoms with Crippen LogP contribution in [-0.4, -0.2) is 61.1 Å². The first-order chi connectivity index (χ1) is 16.1. The fourth-order valence-electron chi connectivity index (χ4n) is 5.26. The van der Waals surface area contributed by atoms with E-state index in [-0.39, 0.29) is 24.0 Å². The number of likely N-dealkylation sites (N-methyl/N-ethyl adjacent to an activating group) is 1.